The zero-order valence-corrected chi connectivity index (χ0v) is 11.8. The minimum Gasteiger partial charge on any atom is -0.382 e. The van der Waals surface area contributed by atoms with Gasteiger partial charge >= 0.3 is 0 Å². The number of ketones is 1. The van der Waals surface area contributed by atoms with Gasteiger partial charge in [0.15, 0.2) is 5.78 Å². The second-order valence-electron chi connectivity index (χ2n) is 7.61. The Morgan fingerprint density at radius 2 is 1.76 bits per heavy atom. The Balaban J connectivity index is 2.43. The molecule has 17 heavy (non-hydrogen) atoms. The van der Waals surface area contributed by atoms with E-state index in [4.69, 9.17) is 0 Å². The highest BCUT2D eigenvalue weighted by Crippen LogP contribution is 2.61. The van der Waals surface area contributed by atoms with E-state index in [-0.39, 0.29) is 16.6 Å². The van der Waals surface area contributed by atoms with Crippen molar-refractivity contribution in [1.29, 1.82) is 0 Å². The first-order valence-corrected chi connectivity index (χ1v) is 6.86. The van der Waals surface area contributed by atoms with Gasteiger partial charge in [-0.15, -0.1) is 0 Å². The lowest BCUT2D eigenvalue weighted by Crippen LogP contribution is -2.53. The van der Waals surface area contributed by atoms with Crippen LogP contribution in [0.3, 0.4) is 0 Å². The van der Waals surface area contributed by atoms with Crippen LogP contribution >= 0.6 is 0 Å². The zero-order chi connectivity index (χ0) is 13.1. The molecular formula is C15H26O2. The van der Waals surface area contributed by atoms with E-state index in [1.807, 2.05) is 0 Å². The van der Waals surface area contributed by atoms with Crippen LogP contribution in [0.25, 0.3) is 0 Å². The second kappa shape index (κ2) is 3.57. The number of rotatable bonds is 0. The predicted molar refractivity (Wildman–Crippen MR) is 68.6 cm³/mol. The van der Waals surface area contributed by atoms with Crippen molar-refractivity contribution >= 4 is 5.78 Å². The fraction of sp³-hybridized carbons (Fsp3) is 0.933. The van der Waals surface area contributed by atoms with E-state index in [1.54, 1.807) is 6.92 Å². The summed E-state index contributed by atoms with van der Waals surface area (Å²) in [6.45, 7) is 10.7. The average molecular weight is 238 g/mol. The summed E-state index contributed by atoms with van der Waals surface area (Å²) in [4.78, 5) is 12.0. The van der Waals surface area contributed by atoms with Crippen LogP contribution in [0.15, 0.2) is 0 Å². The Bertz CT molecular complexity index is 343. The molecule has 1 N–H and O–H groups in total. The van der Waals surface area contributed by atoms with Crippen molar-refractivity contribution in [2.45, 2.75) is 65.9 Å². The van der Waals surface area contributed by atoms with Gasteiger partial charge < -0.3 is 5.11 Å². The van der Waals surface area contributed by atoms with Gasteiger partial charge in [0.1, 0.15) is 5.60 Å². The molecule has 0 bridgehead atoms. The predicted octanol–water partition coefficient (Wildman–Crippen LogP) is 3.18. The molecule has 4 atom stereocenters. The van der Waals surface area contributed by atoms with E-state index in [0.717, 1.165) is 12.8 Å². The van der Waals surface area contributed by atoms with Crippen LogP contribution in [0.5, 0.6) is 0 Å². The summed E-state index contributed by atoms with van der Waals surface area (Å²) >= 11 is 0. The van der Waals surface area contributed by atoms with Crippen molar-refractivity contribution in [3.05, 3.63) is 0 Å². The van der Waals surface area contributed by atoms with Crippen molar-refractivity contribution in [3.63, 3.8) is 0 Å². The molecule has 0 saturated heterocycles. The normalized spacial score (nSPS) is 49.9. The average Bonchev–Trinajstić information content (AvgIpc) is 2.25. The molecule has 2 aliphatic carbocycles. The molecule has 2 heteroatoms. The summed E-state index contributed by atoms with van der Waals surface area (Å²) in [6.07, 6.45) is 3.72. The molecule has 0 unspecified atom stereocenters. The van der Waals surface area contributed by atoms with E-state index in [0.29, 0.717) is 18.3 Å². The molecule has 2 rings (SSSR count). The number of hydrogen-bond acceptors (Lipinski definition) is 2. The molecule has 2 fully saturated rings. The van der Waals surface area contributed by atoms with Crippen molar-refractivity contribution in [2.75, 3.05) is 0 Å². The largest absolute Gasteiger partial charge is 0.382 e. The third-order valence-electron chi connectivity index (χ3n) is 5.36. The fourth-order valence-corrected chi connectivity index (χ4v) is 4.81. The van der Waals surface area contributed by atoms with E-state index in [9.17, 15) is 9.90 Å². The first-order chi connectivity index (χ1) is 7.61. The molecule has 0 radical (unpaired) electrons. The Labute approximate surface area is 105 Å². The maximum absolute atomic E-state index is 12.0. The van der Waals surface area contributed by atoms with E-state index in [1.165, 1.54) is 6.42 Å². The van der Waals surface area contributed by atoms with E-state index < -0.39 is 5.60 Å². The van der Waals surface area contributed by atoms with E-state index >= 15 is 0 Å². The summed E-state index contributed by atoms with van der Waals surface area (Å²) in [5.74, 6) is 0.959. The number of hydrogen-bond donors (Lipinski definition) is 1. The molecule has 0 heterocycles. The van der Waals surface area contributed by atoms with E-state index in [2.05, 4.69) is 27.7 Å². The standard InChI is InChI=1S/C15H26O2/c1-10-7-13(3,4)9-15(8-10)11(2)6-12(16)14(15,5)17/h10-11,17H,6-9H2,1-5H3/t10-,11+,14+,15+/m0/s1. The highest BCUT2D eigenvalue weighted by Gasteiger charge is 2.63. The maximum Gasteiger partial charge on any atom is 0.164 e. The number of carbonyl (C=O) groups is 1. The maximum atomic E-state index is 12.0. The molecule has 2 aliphatic rings. The van der Waals surface area contributed by atoms with Crippen molar-refractivity contribution in [3.8, 4) is 0 Å². The van der Waals surface area contributed by atoms with Crippen LogP contribution in [0.1, 0.15) is 60.3 Å². The molecule has 0 aromatic rings. The van der Waals surface area contributed by atoms with Gasteiger partial charge in [-0.2, -0.15) is 0 Å². The Morgan fingerprint density at radius 3 is 2.18 bits per heavy atom. The molecule has 0 aromatic carbocycles. The number of carbonyl (C=O) groups excluding carboxylic acids is 1. The number of Topliss-reactive ketones (excluding diaryl/α,β-unsaturated/α-hetero) is 1. The highest BCUT2D eigenvalue weighted by atomic mass is 16.3. The van der Waals surface area contributed by atoms with Crippen LogP contribution in [0.4, 0.5) is 0 Å². The summed E-state index contributed by atoms with van der Waals surface area (Å²) in [7, 11) is 0. The van der Waals surface area contributed by atoms with Crippen LogP contribution in [-0.2, 0) is 4.79 Å². The van der Waals surface area contributed by atoms with Gasteiger partial charge in [0, 0.05) is 11.8 Å². The van der Waals surface area contributed by atoms with Gasteiger partial charge in [-0.1, -0.05) is 27.7 Å². The van der Waals surface area contributed by atoms with Gasteiger partial charge in [-0.25, -0.2) is 0 Å². The third kappa shape index (κ3) is 1.76. The van der Waals surface area contributed by atoms with Crippen LogP contribution in [-0.4, -0.2) is 16.5 Å². The van der Waals surface area contributed by atoms with Crippen molar-refractivity contribution in [2.24, 2.45) is 22.7 Å². The van der Waals surface area contributed by atoms with Gasteiger partial charge in [-0.05, 0) is 43.4 Å². The van der Waals surface area contributed by atoms with Gasteiger partial charge in [0.2, 0.25) is 0 Å². The monoisotopic (exact) mass is 238 g/mol. The summed E-state index contributed by atoms with van der Waals surface area (Å²) < 4.78 is 0. The first kappa shape index (κ1) is 13.1. The van der Waals surface area contributed by atoms with Crippen LogP contribution < -0.4 is 0 Å². The summed E-state index contributed by atoms with van der Waals surface area (Å²) in [5.41, 5.74) is -1.07. The molecule has 98 valence electrons. The quantitative estimate of drug-likeness (QED) is 0.703. The van der Waals surface area contributed by atoms with Crippen molar-refractivity contribution in [1.82, 2.24) is 0 Å². The zero-order valence-electron chi connectivity index (χ0n) is 11.8. The summed E-state index contributed by atoms with van der Waals surface area (Å²) in [6, 6.07) is 0. The molecule has 2 saturated carbocycles. The smallest absolute Gasteiger partial charge is 0.164 e. The summed E-state index contributed by atoms with van der Waals surface area (Å²) in [5, 5.41) is 10.7. The second-order valence-corrected chi connectivity index (χ2v) is 7.61. The van der Waals surface area contributed by atoms with Gasteiger partial charge in [-0.3, -0.25) is 4.79 Å². The SMILES string of the molecule is C[C@H]1CC(C)(C)C[C@]2(C1)[C@H](C)CC(=O)[C@@]2(C)O. The minimum absolute atomic E-state index is 0.0508. The third-order valence-corrected chi connectivity index (χ3v) is 5.36. The molecule has 0 aliphatic heterocycles. The van der Waals surface area contributed by atoms with Crippen LogP contribution in [0.2, 0.25) is 0 Å². The first-order valence-electron chi connectivity index (χ1n) is 6.86. The topological polar surface area (TPSA) is 37.3 Å². The Kier molecular flexibility index (Phi) is 2.74. The molecule has 1 spiro atoms. The molecule has 2 nitrogen and oxygen atoms in total. The lowest BCUT2D eigenvalue weighted by molar-refractivity contribution is -0.152. The van der Waals surface area contributed by atoms with Gasteiger partial charge in [0.25, 0.3) is 0 Å². The molecule has 0 aromatic heterocycles. The Hall–Kier alpha value is -0.370. The molecule has 0 amide bonds. The minimum atomic E-state index is -1.11. The van der Waals surface area contributed by atoms with Crippen LogP contribution in [0, 0.1) is 22.7 Å². The van der Waals surface area contributed by atoms with Crippen molar-refractivity contribution < 1.29 is 9.90 Å². The Morgan fingerprint density at radius 1 is 1.18 bits per heavy atom. The molecular weight excluding hydrogens is 212 g/mol. The number of aliphatic hydroxyl groups is 1. The lowest BCUT2D eigenvalue weighted by Gasteiger charge is -2.52. The lowest BCUT2D eigenvalue weighted by atomic mass is 9.53. The van der Waals surface area contributed by atoms with Gasteiger partial charge in [0.05, 0.1) is 0 Å². The fourth-order valence-electron chi connectivity index (χ4n) is 4.81. The highest BCUT2D eigenvalue weighted by molar-refractivity contribution is 5.90.